The molecule has 4 heteroatoms. The Morgan fingerprint density at radius 1 is 1.28 bits per heavy atom. The minimum atomic E-state index is 0.333. The summed E-state index contributed by atoms with van der Waals surface area (Å²) in [4.78, 5) is 0. The first kappa shape index (κ1) is 15.9. The van der Waals surface area contributed by atoms with Crippen molar-refractivity contribution in [3.05, 3.63) is 29.4 Å². The molecule has 0 aliphatic heterocycles. The molecule has 1 rings (SSSR count). The van der Waals surface area contributed by atoms with Crippen molar-refractivity contribution in [3.8, 4) is 0 Å². The second-order valence-corrected chi connectivity index (χ2v) is 4.94. The van der Waals surface area contributed by atoms with Gasteiger partial charge >= 0.3 is 0 Å². The Morgan fingerprint density at radius 3 is 2.67 bits per heavy atom. The number of halogens is 2. The molecule has 2 radical (unpaired) electrons. The van der Waals surface area contributed by atoms with Crippen molar-refractivity contribution in [3.63, 3.8) is 0 Å². The monoisotopic (exact) mass is 290 g/mol. The van der Waals surface area contributed by atoms with Crippen LogP contribution in [0.15, 0.2) is 16.9 Å². The first-order valence-corrected chi connectivity index (χ1v) is 7.22. The van der Waals surface area contributed by atoms with Crippen molar-refractivity contribution in [1.29, 1.82) is 0 Å². The van der Waals surface area contributed by atoms with Gasteiger partial charge in [-0.2, -0.15) is 0 Å². The molecular weight excluding hydrogens is 271 g/mol. The Hall–Kier alpha value is -0.180. The zero-order chi connectivity index (χ0) is 13.4. The van der Waals surface area contributed by atoms with E-state index in [9.17, 15) is 0 Å². The standard InChI is InChI=1S/C14H20Cl2O2/c1-11-12(3-5-15)9-14(18-8-7-17-2)10-13(11)4-6-16/h9,12H,3-8H2,1-2H3. The van der Waals surface area contributed by atoms with Gasteiger partial charge in [0.25, 0.3) is 0 Å². The van der Waals surface area contributed by atoms with Crippen LogP contribution in [-0.2, 0) is 9.47 Å². The lowest BCUT2D eigenvalue weighted by atomic mass is 9.84. The van der Waals surface area contributed by atoms with Gasteiger partial charge in [-0.3, -0.25) is 0 Å². The van der Waals surface area contributed by atoms with Gasteiger partial charge in [0.15, 0.2) is 0 Å². The first-order valence-electron chi connectivity index (χ1n) is 6.15. The zero-order valence-electron chi connectivity index (χ0n) is 11.0. The minimum absolute atomic E-state index is 0.333. The molecule has 0 saturated carbocycles. The quantitative estimate of drug-likeness (QED) is 0.501. The third kappa shape index (κ3) is 4.83. The Balaban J connectivity index is 2.70. The van der Waals surface area contributed by atoms with Crippen molar-refractivity contribution in [1.82, 2.24) is 0 Å². The molecule has 102 valence electrons. The highest BCUT2D eigenvalue weighted by molar-refractivity contribution is 6.18. The van der Waals surface area contributed by atoms with E-state index in [1.807, 2.05) is 0 Å². The van der Waals surface area contributed by atoms with Crippen LogP contribution in [0.4, 0.5) is 0 Å². The summed E-state index contributed by atoms with van der Waals surface area (Å²) in [6, 6.07) is 0. The fourth-order valence-corrected chi connectivity index (χ4v) is 2.34. The van der Waals surface area contributed by atoms with Crippen molar-refractivity contribution >= 4 is 23.2 Å². The minimum Gasteiger partial charge on any atom is -0.495 e. The van der Waals surface area contributed by atoms with Crippen LogP contribution in [0.25, 0.3) is 0 Å². The predicted molar refractivity (Wildman–Crippen MR) is 75.7 cm³/mol. The van der Waals surface area contributed by atoms with E-state index in [0.717, 1.165) is 24.2 Å². The Kier molecular flexibility index (Phi) is 7.80. The fraction of sp³-hybridized carbons (Fsp3) is 0.643. The van der Waals surface area contributed by atoms with Crippen molar-refractivity contribution in [2.45, 2.75) is 19.8 Å². The van der Waals surface area contributed by atoms with Gasteiger partial charge in [-0.15, -0.1) is 23.2 Å². The highest BCUT2D eigenvalue weighted by Crippen LogP contribution is 2.32. The number of rotatable bonds is 8. The number of alkyl halides is 2. The predicted octanol–water partition coefficient (Wildman–Crippen LogP) is 3.74. The molecule has 2 nitrogen and oxygen atoms in total. The normalized spacial score (nSPS) is 20.0. The lowest BCUT2D eigenvalue weighted by Crippen LogP contribution is -2.15. The number of allylic oxidation sites excluding steroid dienone is 4. The van der Waals surface area contributed by atoms with E-state index < -0.39 is 0 Å². The molecule has 0 bridgehead atoms. The van der Waals surface area contributed by atoms with E-state index in [4.69, 9.17) is 32.7 Å². The smallest absolute Gasteiger partial charge is 0.111 e. The second-order valence-electron chi connectivity index (χ2n) is 4.18. The molecule has 0 N–H and O–H groups in total. The Bertz CT molecular complexity index is 311. The van der Waals surface area contributed by atoms with Crippen LogP contribution in [0.3, 0.4) is 0 Å². The van der Waals surface area contributed by atoms with E-state index in [-0.39, 0.29) is 0 Å². The van der Waals surface area contributed by atoms with Gasteiger partial charge in [0, 0.05) is 31.4 Å². The van der Waals surface area contributed by atoms with E-state index in [0.29, 0.717) is 30.9 Å². The van der Waals surface area contributed by atoms with Gasteiger partial charge in [0.05, 0.1) is 6.61 Å². The summed E-state index contributed by atoms with van der Waals surface area (Å²) in [5, 5.41) is 0. The molecule has 1 aliphatic carbocycles. The largest absolute Gasteiger partial charge is 0.495 e. The summed E-state index contributed by atoms with van der Waals surface area (Å²) < 4.78 is 10.6. The molecule has 0 heterocycles. The lowest BCUT2D eigenvalue weighted by Gasteiger charge is -2.25. The van der Waals surface area contributed by atoms with Gasteiger partial charge in [0.2, 0.25) is 0 Å². The summed E-state index contributed by atoms with van der Waals surface area (Å²) in [7, 11) is 1.66. The average Bonchev–Trinajstić information content (AvgIpc) is 2.35. The Labute approximate surface area is 120 Å². The first-order chi connectivity index (χ1) is 8.72. The van der Waals surface area contributed by atoms with E-state index >= 15 is 0 Å². The van der Waals surface area contributed by atoms with Crippen LogP contribution < -0.4 is 0 Å². The van der Waals surface area contributed by atoms with Gasteiger partial charge in [-0.1, -0.05) is 5.57 Å². The molecule has 1 aliphatic rings. The van der Waals surface area contributed by atoms with Crippen LogP contribution in [0.1, 0.15) is 19.8 Å². The van der Waals surface area contributed by atoms with Crippen LogP contribution in [0.5, 0.6) is 0 Å². The highest BCUT2D eigenvalue weighted by Gasteiger charge is 2.22. The summed E-state index contributed by atoms with van der Waals surface area (Å²) in [6.07, 6.45) is 7.11. The average molecular weight is 291 g/mol. The molecule has 18 heavy (non-hydrogen) atoms. The lowest BCUT2D eigenvalue weighted by molar-refractivity contribution is 0.110. The van der Waals surface area contributed by atoms with Crippen molar-refractivity contribution < 1.29 is 9.47 Å². The van der Waals surface area contributed by atoms with Crippen LogP contribution in [-0.4, -0.2) is 32.1 Å². The number of ether oxygens (including phenoxy) is 2. The summed E-state index contributed by atoms with van der Waals surface area (Å²) in [5.41, 5.74) is 2.45. The summed E-state index contributed by atoms with van der Waals surface area (Å²) in [5.74, 6) is 2.35. The number of hydrogen-bond donors (Lipinski definition) is 0. The molecule has 0 amide bonds. The van der Waals surface area contributed by atoms with Gasteiger partial charge in [-0.25, -0.2) is 0 Å². The van der Waals surface area contributed by atoms with Gasteiger partial charge in [-0.05, 0) is 31.3 Å². The van der Waals surface area contributed by atoms with E-state index in [1.165, 1.54) is 5.57 Å². The SMILES string of the molecule is COCCOC1=[C]C(CCCl)=C(C)C(CCCl)[CH]1. The van der Waals surface area contributed by atoms with Gasteiger partial charge < -0.3 is 9.47 Å². The van der Waals surface area contributed by atoms with Crippen LogP contribution in [0, 0.1) is 18.4 Å². The summed E-state index contributed by atoms with van der Waals surface area (Å²) in [6.45, 7) is 3.23. The van der Waals surface area contributed by atoms with Crippen molar-refractivity contribution in [2.24, 2.45) is 5.92 Å². The Morgan fingerprint density at radius 2 is 2.06 bits per heavy atom. The maximum absolute atomic E-state index is 5.84. The fourth-order valence-electron chi connectivity index (χ4n) is 1.91. The third-order valence-electron chi connectivity index (χ3n) is 2.97. The summed E-state index contributed by atoms with van der Waals surface area (Å²) >= 11 is 11.7. The molecule has 0 saturated heterocycles. The molecule has 1 unspecified atom stereocenters. The number of methoxy groups -OCH3 is 1. The molecule has 1 atom stereocenters. The zero-order valence-corrected chi connectivity index (χ0v) is 12.5. The molecule has 0 aromatic rings. The van der Waals surface area contributed by atoms with Crippen LogP contribution >= 0.6 is 23.2 Å². The number of hydrogen-bond acceptors (Lipinski definition) is 2. The molecular formula is C14H20Cl2O2. The van der Waals surface area contributed by atoms with E-state index in [2.05, 4.69) is 19.4 Å². The maximum Gasteiger partial charge on any atom is 0.111 e. The van der Waals surface area contributed by atoms with E-state index in [1.54, 1.807) is 7.11 Å². The molecule has 0 aromatic heterocycles. The van der Waals surface area contributed by atoms with Gasteiger partial charge in [0.1, 0.15) is 12.4 Å². The molecule has 0 fully saturated rings. The van der Waals surface area contributed by atoms with Crippen LogP contribution in [0.2, 0.25) is 0 Å². The topological polar surface area (TPSA) is 18.5 Å². The molecule has 0 spiro atoms. The highest BCUT2D eigenvalue weighted by atomic mass is 35.5. The molecule has 0 aromatic carbocycles. The maximum atomic E-state index is 5.84. The second kappa shape index (κ2) is 8.84. The third-order valence-corrected chi connectivity index (χ3v) is 3.38. The van der Waals surface area contributed by atoms with Crippen molar-refractivity contribution in [2.75, 3.05) is 32.1 Å².